The second-order valence-electron chi connectivity index (χ2n) is 6.10. The maximum absolute atomic E-state index is 12.2. The van der Waals surface area contributed by atoms with E-state index < -0.39 is 0 Å². The van der Waals surface area contributed by atoms with Crippen LogP contribution in [0.3, 0.4) is 0 Å². The van der Waals surface area contributed by atoms with E-state index in [1.807, 2.05) is 36.4 Å². The number of amides is 1. The van der Waals surface area contributed by atoms with Crippen molar-refractivity contribution in [2.75, 3.05) is 17.2 Å². The van der Waals surface area contributed by atoms with Gasteiger partial charge in [0.1, 0.15) is 0 Å². The van der Waals surface area contributed by atoms with Crippen LogP contribution in [0.5, 0.6) is 0 Å². The zero-order valence-electron chi connectivity index (χ0n) is 14.5. The number of carbonyl (C=O) groups excluding carboxylic acids is 1. The van der Waals surface area contributed by atoms with Gasteiger partial charge in [-0.05, 0) is 36.8 Å². The number of fused-ring (bicyclic) bond motifs is 3. The molecule has 1 aliphatic carbocycles. The van der Waals surface area contributed by atoms with Crippen molar-refractivity contribution < 1.29 is 9.21 Å². The van der Waals surface area contributed by atoms with Gasteiger partial charge in [-0.25, -0.2) is 4.98 Å². The molecule has 0 fully saturated rings. The van der Waals surface area contributed by atoms with Gasteiger partial charge in [-0.2, -0.15) is 0 Å². The monoisotopic (exact) mass is 345 g/mol. The second-order valence-corrected chi connectivity index (χ2v) is 6.10. The van der Waals surface area contributed by atoms with Crippen LogP contribution >= 0.6 is 0 Å². The van der Waals surface area contributed by atoms with Gasteiger partial charge >= 0.3 is 0 Å². The van der Waals surface area contributed by atoms with E-state index in [-0.39, 0.29) is 11.7 Å². The Hall–Kier alpha value is -3.34. The minimum absolute atomic E-state index is 0.277. The SMILES string of the molecule is CCCNc1cccc2c3cccc(NC(=O)c4ccco4)cc-3nc12. The van der Waals surface area contributed by atoms with Crippen molar-refractivity contribution in [2.24, 2.45) is 0 Å². The van der Waals surface area contributed by atoms with Crippen LogP contribution in [0.25, 0.3) is 22.2 Å². The molecule has 0 spiro atoms. The number of rotatable bonds is 5. The van der Waals surface area contributed by atoms with E-state index >= 15 is 0 Å². The predicted molar refractivity (Wildman–Crippen MR) is 104 cm³/mol. The van der Waals surface area contributed by atoms with Gasteiger partial charge in [-0.15, -0.1) is 0 Å². The van der Waals surface area contributed by atoms with Crippen LogP contribution in [0, 0.1) is 0 Å². The van der Waals surface area contributed by atoms with Crippen LogP contribution < -0.4 is 10.6 Å². The standard InChI is InChI=1S/C21H19N3O2/c1-2-11-22-17-9-4-8-16-15-7-3-6-14(13-18(15)24-20(16)17)23-21(25)19-10-5-12-26-19/h3-10,12-13,22H,2,11H2,1H3,(H,23,25). The number of hydrogen-bond acceptors (Lipinski definition) is 4. The molecule has 130 valence electrons. The molecule has 1 amide bonds. The number of aromatic nitrogens is 1. The number of carbonyl (C=O) groups is 1. The third-order valence-corrected chi connectivity index (χ3v) is 4.23. The minimum Gasteiger partial charge on any atom is -0.459 e. The van der Waals surface area contributed by atoms with Gasteiger partial charge in [-0.3, -0.25) is 4.79 Å². The predicted octanol–water partition coefficient (Wildman–Crippen LogP) is 5.01. The lowest BCUT2D eigenvalue weighted by atomic mass is 10.1. The topological polar surface area (TPSA) is 67.2 Å². The van der Waals surface area contributed by atoms with E-state index in [1.54, 1.807) is 12.1 Å². The van der Waals surface area contributed by atoms with Gasteiger partial charge in [0, 0.05) is 23.2 Å². The molecule has 26 heavy (non-hydrogen) atoms. The zero-order valence-corrected chi connectivity index (χ0v) is 14.5. The number of nitrogens with zero attached hydrogens (tertiary/aromatic N) is 1. The van der Waals surface area contributed by atoms with E-state index in [0.717, 1.165) is 40.8 Å². The Morgan fingerprint density at radius 2 is 2.00 bits per heavy atom. The number of para-hydroxylation sites is 1. The van der Waals surface area contributed by atoms with E-state index in [9.17, 15) is 4.79 Å². The summed E-state index contributed by atoms with van der Waals surface area (Å²) in [4.78, 5) is 17.0. The third-order valence-electron chi connectivity index (χ3n) is 4.23. The first kappa shape index (κ1) is 16.1. The summed E-state index contributed by atoms with van der Waals surface area (Å²) in [5, 5.41) is 7.39. The summed E-state index contributed by atoms with van der Waals surface area (Å²) in [6, 6.07) is 17.2. The molecule has 4 rings (SSSR count). The molecule has 0 bridgehead atoms. The fourth-order valence-corrected chi connectivity index (χ4v) is 3.01. The molecule has 5 nitrogen and oxygen atoms in total. The van der Waals surface area contributed by atoms with E-state index in [4.69, 9.17) is 9.40 Å². The Labute approximate surface area is 151 Å². The van der Waals surface area contributed by atoms with Crippen molar-refractivity contribution in [2.45, 2.75) is 13.3 Å². The van der Waals surface area contributed by atoms with E-state index in [1.165, 1.54) is 6.26 Å². The first-order valence-electron chi connectivity index (χ1n) is 8.67. The largest absolute Gasteiger partial charge is 0.459 e. The van der Waals surface area contributed by atoms with Crippen LogP contribution in [0.4, 0.5) is 11.4 Å². The van der Waals surface area contributed by atoms with Crippen LogP contribution in [-0.2, 0) is 0 Å². The minimum atomic E-state index is -0.282. The summed E-state index contributed by atoms with van der Waals surface area (Å²) in [5.74, 6) is -0.00445. The molecule has 2 aromatic rings. The molecule has 1 aromatic carbocycles. The second kappa shape index (κ2) is 6.88. The first-order chi connectivity index (χ1) is 12.8. The molecular formula is C21H19N3O2. The molecule has 2 N–H and O–H groups in total. The number of hydrogen-bond donors (Lipinski definition) is 2. The number of benzene rings is 1. The summed E-state index contributed by atoms with van der Waals surface area (Å²) >= 11 is 0. The van der Waals surface area contributed by atoms with E-state index in [2.05, 4.69) is 23.6 Å². The average Bonchev–Trinajstić information content (AvgIpc) is 3.25. The highest BCUT2D eigenvalue weighted by atomic mass is 16.3. The van der Waals surface area contributed by atoms with Crippen LogP contribution in [0.2, 0.25) is 0 Å². The van der Waals surface area contributed by atoms with Crippen molar-refractivity contribution in [3.63, 3.8) is 0 Å². The van der Waals surface area contributed by atoms with Crippen molar-refractivity contribution in [3.05, 3.63) is 66.6 Å². The van der Waals surface area contributed by atoms with Gasteiger partial charge in [0.05, 0.1) is 23.2 Å². The van der Waals surface area contributed by atoms with E-state index in [0.29, 0.717) is 5.69 Å². The van der Waals surface area contributed by atoms with Crippen molar-refractivity contribution in [1.82, 2.24) is 4.98 Å². The van der Waals surface area contributed by atoms with Gasteiger partial charge in [0.2, 0.25) is 0 Å². The lowest BCUT2D eigenvalue weighted by Crippen LogP contribution is -2.10. The number of nitrogens with one attached hydrogen (secondary N) is 2. The summed E-state index contributed by atoms with van der Waals surface area (Å²) in [6.07, 6.45) is 2.53. The molecule has 2 heterocycles. The van der Waals surface area contributed by atoms with Crippen molar-refractivity contribution >= 4 is 28.2 Å². The van der Waals surface area contributed by atoms with Crippen molar-refractivity contribution in [3.8, 4) is 11.3 Å². The van der Waals surface area contributed by atoms with Gasteiger partial charge < -0.3 is 15.1 Å². The lowest BCUT2D eigenvalue weighted by Gasteiger charge is -2.04. The Balaban J connectivity index is 1.73. The molecule has 0 saturated carbocycles. The van der Waals surface area contributed by atoms with Crippen LogP contribution in [0.1, 0.15) is 23.9 Å². The Kier molecular flexibility index (Phi) is 4.27. The first-order valence-corrected chi connectivity index (χ1v) is 8.67. The van der Waals surface area contributed by atoms with Crippen LogP contribution in [0.15, 0.2) is 65.3 Å². The smallest absolute Gasteiger partial charge is 0.291 e. The summed E-state index contributed by atoms with van der Waals surface area (Å²) in [6.45, 7) is 3.04. The molecule has 0 radical (unpaired) electrons. The Bertz CT molecular complexity index is 1020. The highest BCUT2D eigenvalue weighted by molar-refractivity contribution is 6.05. The molecular weight excluding hydrogens is 326 g/mol. The summed E-state index contributed by atoms with van der Waals surface area (Å²) in [7, 11) is 0. The number of furan rings is 1. The third kappa shape index (κ3) is 2.99. The van der Waals surface area contributed by atoms with Gasteiger partial charge in [-0.1, -0.05) is 31.2 Å². The molecule has 1 aromatic heterocycles. The number of anilines is 2. The maximum Gasteiger partial charge on any atom is 0.291 e. The lowest BCUT2D eigenvalue weighted by molar-refractivity contribution is 0.0996. The molecule has 5 heteroatoms. The fourth-order valence-electron chi connectivity index (χ4n) is 3.01. The molecule has 1 aliphatic heterocycles. The van der Waals surface area contributed by atoms with Crippen LogP contribution in [-0.4, -0.2) is 17.4 Å². The van der Waals surface area contributed by atoms with Gasteiger partial charge in [0.25, 0.3) is 5.91 Å². The summed E-state index contributed by atoms with van der Waals surface area (Å²) < 4.78 is 5.14. The highest BCUT2D eigenvalue weighted by Gasteiger charge is 2.15. The Morgan fingerprint density at radius 3 is 2.81 bits per heavy atom. The quantitative estimate of drug-likeness (QED) is 0.534. The van der Waals surface area contributed by atoms with Crippen molar-refractivity contribution in [1.29, 1.82) is 0 Å². The fraction of sp³-hybridized carbons (Fsp3) is 0.143. The molecule has 2 aliphatic rings. The normalized spacial score (nSPS) is 11.0. The van der Waals surface area contributed by atoms with Gasteiger partial charge in [0.15, 0.2) is 5.76 Å². The average molecular weight is 345 g/mol. The Morgan fingerprint density at radius 1 is 1.12 bits per heavy atom. The zero-order chi connectivity index (χ0) is 17.9. The molecule has 0 unspecified atom stereocenters. The summed E-state index contributed by atoms with van der Waals surface area (Å²) in [5.41, 5.74) is 4.55. The molecule has 0 atom stereocenters. The molecule has 0 saturated heterocycles. The highest BCUT2D eigenvalue weighted by Crippen LogP contribution is 2.35. The maximum atomic E-state index is 12.2.